The molecule has 0 aliphatic carbocycles. The molecule has 0 unspecified atom stereocenters. The Morgan fingerprint density at radius 2 is 1.83 bits per heavy atom. The molecule has 0 radical (unpaired) electrons. The molecule has 1 N–H and O–H groups in total. The van der Waals surface area contributed by atoms with Crippen LogP contribution >= 0.6 is 11.3 Å². The molecule has 0 spiro atoms. The van der Waals surface area contributed by atoms with Gasteiger partial charge in [-0.05, 0) is 35.7 Å². The Bertz CT molecular complexity index is 861. The molecular weight excluding hydrogens is 346 g/mol. The second-order valence-corrected chi connectivity index (χ2v) is 7.70. The summed E-state index contributed by atoms with van der Waals surface area (Å²) in [5, 5.41) is 13.8. The number of carbonyl (C=O) groups excluding carboxylic acids is 1. The number of anilines is 1. The molecule has 126 valence electrons. The van der Waals surface area contributed by atoms with Gasteiger partial charge in [0.15, 0.2) is 0 Å². The molecular formula is C16H17N3O3S2. The van der Waals surface area contributed by atoms with Gasteiger partial charge in [0.25, 0.3) is 5.91 Å². The van der Waals surface area contributed by atoms with Crippen molar-refractivity contribution in [1.82, 2.24) is 4.31 Å². The molecule has 0 saturated heterocycles. The van der Waals surface area contributed by atoms with Crippen molar-refractivity contribution in [2.24, 2.45) is 0 Å². The van der Waals surface area contributed by atoms with E-state index in [1.54, 1.807) is 25.3 Å². The van der Waals surface area contributed by atoms with Crippen LogP contribution in [0.15, 0.2) is 40.6 Å². The monoisotopic (exact) mass is 363 g/mol. The number of thiophene rings is 1. The summed E-state index contributed by atoms with van der Waals surface area (Å²) in [6.45, 7) is 4.32. The number of nitriles is 1. The van der Waals surface area contributed by atoms with Crippen molar-refractivity contribution in [3.05, 3.63) is 46.8 Å². The third-order valence-electron chi connectivity index (χ3n) is 3.47. The maximum Gasteiger partial charge on any atom is 0.256 e. The number of benzene rings is 1. The summed E-state index contributed by atoms with van der Waals surface area (Å²) in [5.74, 6) is -0.388. The van der Waals surface area contributed by atoms with Crippen LogP contribution in [0.4, 0.5) is 5.00 Å². The molecule has 0 saturated carbocycles. The highest BCUT2D eigenvalue weighted by Crippen LogP contribution is 2.23. The van der Waals surface area contributed by atoms with Crippen molar-refractivity contribution >= 4 is 32.3 Å². The van der Waals surface area contributed by atoms with Crippen molar-refractivity contribution in [2.45, 2.75) is 18.7 Å². The van der Waals surface area contributed by atoms with Crippen LogP contribution < -0.4 is 5.32 Å². The highest BCUT2D eigenvalue weighted by Gasteiger charge is 2.21. The number of nitrogens with one attached hydrogen (secondary N) is 1. The van der Waals surface area contributed by atoms with E-state index in [2.05, 4.69) is 5.32 Å². The molecule has 1 aromatic heterocycles. The zero-order valence-corrected chi connectivity index (χ0v) is 14.9. The first-order chi connectivity index (χ1) is 11.4. The van der Waals surface area contributed by atoms with Crippen molar-refractivity contribution in [3.8, 4) is 6.07 Å². The van der Waals surface area contributed by atoms with Crippen molar-refractivity contribution in [1.29, 1.82) is 5.26 Å². The van der Waals surface area contributed by atoms with Crippen LogP contribution in [0.25, 0.3) is 0 Å². The van der Waals surface area contributed by atoms with Crippen LogP contribution in [-0.4, -0.2) is 31.7 Å². The summed E-state index contributed by atoms with van der Waals surface area (Å²) in [4.78, 5) is 12.4. The van der Waals surface area contributed by atoms with Gasteiger partial charge in [-0.25, -0.2) is 8.42 Å². The highest BCUT2D eigenvalue weighted by molar-refractivity contribution is 7.89. The van der Waals surface area contributed by atoms with Gasteiger partial charge in [-0.15, -0.1) is 11.3 Å². The number of rotatable bonds is 6. The van der Waals surface area contributed by atoms with Gasteiger partial charge in [0.2, 0.25) is 10.0 Å². The number of hydrogen-bond donors (Lipinski definition) is 1. The van der Waals surface area contributed by atoms with Gasteiger partial charge in [-0.1, -0.05) is 13.8 Å². The summed E-state index contributed by atoms with van der Waals surface area (Å²) < 4.78 is 26.2. The Morgan fingerprint density at radius 3 is 2.38 bits per heavy atom. The third kappa shape index (κ3) is 3.64. The van der Waals surface area contributed by atoms with Gasteiger partial charge in [0.05, 0.1) is 10.5 Å². The van der Waals surface area contributed by atoms with Crippen LogP contribution in [0.1, 0.15) is 29.8 Å². The predicted octanol–water partition coefficient (Wildman–Crippen LogP) is 2.90. The maximum absolute atomic E-state index is 12.4. The summed E-state index contributed by atoms with van der Waals surface area (Å²) in [5.41, 5.74) is 0.722. The van der Waals surface area contributed by atoms with E-state index in [1.807, 2.05) is 6.07 Å². The number of amides is 1. The lowest BCUT2D eigenvalue weighted by Gasteiger charge is -2.18. The summed E-state index contributed by atoms with van der Waals surface area (Å²) >= 11 is 1.26. The van der Waals surface area contributed by atoms with Gasteiger partial charge < -0.3 is 5.32 Å². The predicted molar refractivity (Wildman–Crippen MR) is 93.5 cm³/mol. The van der Waals surface area contributed by atoms with Gasteiger partial charge in [0.1, 0.15) is 11.1 Å². The molecule has 0 aliphatic rings. The first kappa shape index (κ1) is 18.1. The molecule has 1 aromatic carbocycles. The molecule has 0 aliphatic heterocycles. The second-order valence-electron chi connectivity index (χ2n) is 4.84. The minimum atomic E-state index is -3.54. The molecule has 24 heavy (non-hydrogen) atoms. The minimum Gasteiger partial charge on any atom is -0.312 e. The summed E-state index contributed by atoms with van der Waals surface area (Å²) in [6, 6.07) is 9.39. The molecule has 1 amide bonds. The smallest absolute Gasteiger partial charge is 0.256 e. The Balaban J connectivity index is 2.20. The first-order valence-corrected chi connectivity index (χ1v) is 9.65. The molecule has 0 fully saturated rings. The van der Waals surface area contributed by atoms with E-state index in [0.717, 1.165) is 0 Å². The molecule has 6 nitrogen and oxygen atoms in total. The summed E-state index contributed by atoms with van der Waals surface area (Å²) in [6.07, 6.45) is 0. The molecule has 0 bridgehead atoms. The van der Waals surface area contributed by atoms with E-state index in [4.69, 9.17) is 5.26 Å². The van der Waals surface area contributed by atoms with E-state index in [0.29, 0.717) is 29.2 Å². The fraction of sp³-hybridized carbons (Fsp3) is 0.250. The zero-order valence-electron chi connectivity index (χ0n) is 13.3. The molecule has 0 atom stereocenters. The Labute approximate surface area is 145 Å². The topological polar surface area (TPSA) is 90.3 Å². The fourth-order valence-corrected chi connectivity index (χ4v) is 4.35. The normalized spacial score (nSPS) is 11.2. The Kier molecular flexibility index (Phi) is 5.72. The molecule has 8 heteroatoms. The van der Waals surface area contributed by atoms with Crippen LogP contribution in [0.3, 0.4) is 0 Å². The second kappa shape index (κ2) is 7.57. The van der Waals surface area contributed by atoms with Crippen LogP contribution in [-0.2, 0) is 10.0 Å². The zero-order chi connectivity index (χ0) is 17.7. The fourth-order valence-electron chi connectivity index (χ4n) is 2.16. The lowest BCUT2D eigenvalue weighted by atomic mass is 10.2. The summed E-state index contributed by atoms with van der Waals surface area (Å²) in [7, 11) is -3.54. The largest absolute Gasteiger partial charge is 0.312 e. The Hall–Kier alpha value is -2.21. The van der Waals surface area contributed by atoms with Crippen molar-refractivity contribution in [2.75, 3.05) is 18.4 Å². The first-order valence-electron chi connectivity index (χ1n) is 7.33. The third-order valence-corrected chi connectivity index (χ3v) is 6.37. The van der Waals surface area contributed by atoms with Crippen LogP contribution in [0, 0.1) is 11.3 Å². The lowest BCUT2D eigenvalue weighted by molar-refractivity contribution is 0.102. The molecule has 2 rings (SSSR count). The molecule has 2 aromatic rings. The minimum absolute atomic E-state index is 0.150. The maximum atomic E-state index is 12.4. The van der Waals surface area contributed by atoms with E-state index < -0.39 is 10.0 Å². The van der Waals surface area contributed by atoms with Gasteiger partial charge in [-0.2, -0.15) is 9.57 Å². The van der Waals surface area contributed by atoms with Gasteiger partial charge in [0, 0.05) is 18.7 Å². The SMILES string of the molecule is CCN(CC)S(=O)(=O)c1ccc(C(=O)Nc2sccc2C#N)cc1. The lowest BCUT2D eigenvalue weighted by Crippen LogP contribution is -2.30. The van der Waals surface area contributed by atoms with E-state index in [1.165, 1.54) is 39.9 Å². The van der Waals surface area contributed by atoms with Crippen LogP contribution in [0.5, 0.6) is 0 Å². The molecule has 1 heterocycles. The van der Waals surface area contributed by atoms with Crippen LogP contribution in [0.2, 0.25) is 0 Å². The van der Waals surface area contributed by atoms with E-state index in [9.17, 15) is 13.2 Å². The van der Waals surface area contributed by atoms with E-state index >= 15 is 0 Å². The standard InChI is InChI=1S/C16H17N3O3S2/c1-3-19(4-2)24(21,22)14-7-5-12(6-8-14)15(20)18-16-13(11-17)9-10-23-16/h5-10H,3-4H2,1-2H3,(H,18,20). The van der Waals surface area contributed by atoms with Crippen molar-refractivity contribution < 1.29 is 13.2 Å². The average molecular weight is 363 g/mol. The average Bonchev–Trinajstić information content (AvgIpc) is 3.03. The number of hydrogen-bond acceptors (Lipinski definition) is 5. The van der Waals surface area contributed by atoms with E-state index in [-0.39, 0.29) is 10.8 Å². The van der Waals surface area contributed by atoms with Gasteiger partial charge in [-0.3, -0.25) is 4.79 Å². The van der Waals surface area contributed by atoms with Gasteiger partial charge >= 0.3 is 0 Å². The Morgan fingerprint density at radius 1 is 1.21 bits per heavy atom. The number of sulfonamides is 1. The number of nitrogens with zero attached hydrogens (tertiary/aromatic N) is 2. The number of carbonyl (C=O) groups is 1. The quantitative estimate of drug-likeness (QED) is 0.854. The van der Waals surface area contributed by atoms with Crippen molar-refractivity contribution in [3.63, 3.8) is 0 Å². The highest BCUT2D eigenvalue weighted by atomic mass is 32.2.